The molecule has 0 radical (unpaired) electrons. The van der Waals surface area contributed by atoms with Crippen LogP contribution in [0.15, 0.2) is 60.7 Å². The molecule has 2 aromatic carbocycles. The number of nitrogens with one attached hydrogen (secondary N) is 1. The van der Waals surface area contributed by atoms with Crippen molar-refractivity contribution in [3.63, 3.8) is 0 Å². The highest BCUT2D eigenvalue weighted by atomic mass is 16.3. The molecule has 0 saturated heterocycles. The van der Waals surface area contributed by atoms with Crippen LogP contribution >= 0.6 is 0 Å². The lowest BCUT2D eigenvalue weighted by Gasteiger charge is -2.38. The Morgan fingerprint density at radius 2 is 1.26 bits per heavy atom. The fourth-order valence-corrected chi connectivity index (χ4v) is 2.62. The lowest BCUT2D eigenvalue weighted by Crippen LogP contribution is -2.52. The van der Waals surface area contributed by atoms with Crippen LogP contribution in [0, 0.1) is 5.41 Å². The first-order valence-electron chi connectivity index (χ1n) is 8.38. The lowest BCUT2D eigenvalue weighted by molar-refractivity contribution is -0.0702. The molecule has 0 aliphatic rings. The Morgan fingerprint density at radius 1 is 0.826 bits per heavy atom. The van der Waals surface area contributed by atoms with Crippen molar-refractivity contribution < 1.29 is 5.11 Å². The maximum absolute atomic E-state index is 10.6. The fourth-order valence-electron chi connectivity index (χ4n) is 2.62. The van der Waals surface area contributed by atoms with Crippen LogP contribution in [0.4, 0.5) is 0 Å². The van der Waals surface area contributed by atoms with Crippen molar-refractivity contribution in [2.45, 2.75) is 45.8 Å². The van der Waals surface area contributed by atoms with E-state index in [1.54, 1.807) is 0 Å². The van der Waals surface area contributed by atoms with Crippen LogP contribution in [-0.2, 0) is 0 Å². The van der Waals surface area contributed by atoms with Gasteiger partial charge in [0, 0.05) is 11.3 Å². The normalized spacial score (nSPS) is 14.7. The average Bonchev–Trinajstić information content (AvgIpc) is 2.52. The minimum atomic E-state index is -0.884. The number of hydrogen-bond donors (Lipinski definition) is 2. The van der Waals surface area contributed by atoms with Gasteiger partial charge in [-0.25, -0.2) is 0 Å². The summed E-state index contributed by atoms with van der Waals surface area (Å²) in [4.78, 5) is 0. The number of hydrogen-bond acceptors (Lipinski definition) is 2. The van der Waals surface area contributed by atoms with Gasteiger partial charge in [-0.05, 0) is 31.0 Å². The van der Waals surface area contributed by atoms with Gasteiger partial charge in [-0.3, -0.25) is 5.32 Å². The zero-order valence-corrected chi connectivity index (χ0v) is 14.7. The molecule has 23 heavy (non-hydrogen) atoms. The maximum Gasteiger partial charge on any atom is 0.118 e. The standard InChI is InChI=1S/C21H29NO/c1-20(2,3)21(4,23)22-16-15-19(17-11-7-5-8-12-17)18-13-9-6-10-14-18/h5-14,19,22-23H,15-16H2,1-4H3. The second kappa shape index (κ2) is 7.29. The number of benzene rings is 2. The second-order valence-electron chi connectivity index (χ2n) is 7.41. The monoisotopic (exact) mass is 311 g/mol. The Hall–Kier alpha value is -1.64. The minimum Gasteiger partial charge on any atom is -0.376 e. The fraction of sp³-hybridized carbons (Fsp3) is 0.429. The second-order valence-corrected chi connectivity index (χ2v) is 7.41. The first kappa shape index (κ1) is 17.7. The predicted octanol–water partition coefficient (Wildman–Crippen LogP) is 4.55. The molecule has 0 aliphatic carbocycles. The Bertz CT molecular complexity index is 545. The molecule has 0 spiro atoms. The first-order chi connectivity index (χ1) is 10.8. The van der Waals surface area contributed by atoms with E-state index in [1.807, 2.05) is 39.8 Å². The van der Waals surface area contributed by atoms with E-state index in [-0.39, 0.29) is 5.41 Å². The van der Waals surface area contributed by atoms with E-state index >= 15 is 0 Å². The van der Waals surface area contributed by atoms with Crippen LogP contribution < -0.4 is 5.32 Å². The van der Waals surface area contributed by atoms with Crippen molar-refractivity contribution in [3.8, 4) is 0 Å². The summed E-state index contributed by atoms with van der Waals surface area (Å²) in [6.45, 7) is 8.76. The molecule has 2 aromatic rings. The van der Waals surface area contributed by atoms with Gasteiger partial charge in [0.2, 0.25) is 0 Å². The van der Waals surface area contributed by atoms with Crippen molar-refractivity contribution in [1.29, 1.82) is 0 Å². The Morgan fingerprint density at radius 3 is 1.65 bits per heavy atom. The molecule has 0 aliphatic heterocycles. The van der Waals surface area contributed by atoms with Gasteiger partial charge in [-0.1, -0.05) is 81.4 Å². The molecule has 0 heterocycles. The van der Waals surface area contributed by atoms with Gasteiger partial charge >= 0.3 is 0 Å². The first-order valence-corrected chi connectivity index (χ1v) is 8.38. The van der Waals surface area contributed by atoms with Crippen molar-refractivity contribution in [3.05, 3.63) is 71.8 Å². The molecule has 2 heteroatoms. The van der Waals surface area contributed by atoms with Gasteiger partial charge < -0.3 is 5.11 Å². The summed E-state index contributed by atoms with van der Waals surface area (Å²) in [6.07, 6.45) is 0.945. The van der Waals surface area contributed by atoms with E-state index in [1.165, 1.54) is 11.1 Å². The van der Waals surface area contributed by atoms with Crippen molar-refractivity contribution in [2.75, 3.05) is 6.54 Å². The smallest absolute Gasteiger partial charge is 0.118 e. The van der Waals surface area contributed by atoms with E-state index in [9.17, 15) is 5.11 Å². The summed E-state index contributed by atoms with van der Waals surface area (Å²) in [5, 5.41) is 13.9. The third-order valence-electron chi connectivity index (χ3n) is 4.77. The Kier molecular flexibility index (Phi) is 5.61. The third kappa shape index (κ3) is 4.66. The van der Waals surface area contributed by atoms with Gasteiger partial charge in [0.15, 0.2) is 0 Å². The molecule has 0 aromatic heterocycles. The van der Waals surface area contributed by atoms with Gasteiger partial charge in [-0.2, -0.15) is 0 Å². The molecule has 0 fully saturated rings. The van der Waals surface area contributed by atoms with Crippen LogP contribution in [0.25, 0.3) is 0 Å². The molecule has 2 N–H and O–H groups in total. The maximum atomic E-state index is 10.6. The van der Waals surface area contributed by atoms with E-state index in [0.717, 1.165) is 13.0 Å². The summed E-state index contributed by atoms with van der Waals surface area (Å²) >= 11 is 0. The summed E-state index contributed by atoms with van der Waals surface area (Å²) in [5.41, 5.74) is 1.54. The topological polar surface area (TPSA) is 32.3 Å². The minimum absolute atomic E-state index is 0.206. The van der Waals surface area contributed by atoms with Gasteiger partial charge in [0.25, 0.3) is 0 Å². The Balaban J connectivity index is 2.11. The molecule has 0 bridgehead atoms. The van der Waals surface area contributed by atoms with Crippen LogP contribution in [0.3, 0.4) is 0 Å². The molecular weight excluding hydrogens is 282 g/mol. The third-order valence-corrected chi connectivity index (χ3v) is 4.77. The Labute approximate surface area is 140 Å². The molecule has 0 amide bonds. The molecule has 2 rings (SSSR count). The van der Waals surface area contributed by atoms with E-state index in [4.69, 9.17) is 0 Å². The molecular formula is C21H29NO. The van der Waals surface area contributed by atoms with Gasteiger partial charge in [0.05, 0.1) is 0 Å². The van der Waals surface area contributed by atoms with Crippen LogP contribution in [0.5, 0.6) is 0 Å². The highest BCUT2D eigenvalue weighted by Crippen LogP contribution is 2.30. The SMILES string of the molecule is CC(C)(C)C(C)(O)NCCC(c1ccccc1)c1ccccc1. The van der Waals surface area contributed by atoms with Crippen molar-refractivity contribution in [2.24, 2.45) is 5.41 Å². The quantitative estimate of drug-likeness (QED) is 0.767. The van der Waals surface area contributed by atoms with Gasteiger partial charge in [0.1, 0.15) is 5.72 Å². The van der Waals surface area contributed by atoms with Crippen LogP contribution in [0.2, 0.25) is 0 Å². The zero-order chi connectivity index (χ0) is 16.9. The molecule has 1 unspecified atom stereocenters. The summed E-state index contributed by atoms with van der Waals surface area (Å²) < 4.78 is 0. The van der Waals surface area contributed by atoms with E-state index in [0.29, 0.717) is 5.92 Å². The molecule has 1 atom stereocenters. The number of aliphatic hydroxyl groups is 1. The largest absolute Gasteiger partial charge is 0.376 e. The van der Waals surface area contributed by atoms with E-state index in [2.05, 4.69) is 53.8 Å². The highest BCUT2D eigenvalue weighted by molar-refractivity contribution is 5.32. The van der Waals surface area contributed by atoms with E-state index < -0.39 is 5.72 Å². The highest BCUT2D eigenvalue weighted by Gasteiger charge is 2.34. The van der Waals surface area contributed by atoms with Crippen LogP contribution in [-0.4, -0.2) is 17.4 Å². The molecule has 124 valence electrons. The zero-order valence-electron chi connectivity index (χ0n) is 14.7. The van der Waals surface area contributed by atoms with Gasteiger partial charge in [-0.15, -0.1) is 0 Å². The summed E-state index contributed by atoms with van der Waals surface area (Å²) in [5.74, 6) is 0.334. The van der Waals surface area contributed by atoms with Crippen molar-refractivity contribution >= 4 is 0 Å². The van der Waals surface area contributed by atoms with Crippen molar-refractivity contribution in [1.82, 2.24) is 5.32 Å². The summed E-state index contributed by atoms with van der Waals surface area (Å²) in [7, 11) is 0. The van der Waals surface area contributed by atoms with Crippen LogP contribution in [0.1, 0.15) is 51.2 Å². The predicted molar refractivity (Wildman–Crippen MR) is 97.4 cm³/mol. The number of rotatable bonds is 6. The molecule has 0 saturated carbocycles. The lowest BCUT2D eigenvalue weighted by atomic mass is 9.83. The summed E-state index contributed by atoms with van der Waals surface area (Å²) in [6, 6.07) is 21.2. The molecule has 2 nitrogen and oxygen atoms in total. The average molecular weight is 311 g/mol.